The Kier molecular flexibility index (Phi) is 4.41. The van der Waals surface area contributed by atoms with E-state index in [0.717, 1.165) is 16.9 Å². The van der Waals surface area contributed by atoms with Crippen LogP contribution in [0.2, 0.25) is 0 Å². The molecule has 0 aliphatic carbocycles. The third-order valence-corrected chi connectivity index (χ3v) is 3.33. The van der Waals surface area contributed by atoms with Crippen LogP contribution in [0.4, 0.5) is 0 Å². The van der Waals surface area contributed by atoms with E-state index in [4.69, 9.17) is 4.74 Å². The SMILES string of the molecule is COc1cccc([C@@H](C)NC(=O)c2ccccc2C)c1. The van der Waals surface area contributed by atoms with Crippen molar-refractivity contribution in [2.45, 2.75) is 19.9 Å². The lowest BCUT2D eigenvalue weighted by atomic mass is 10.1. The van der Waals surface area contributed by atoms with Crippen LogP contribution in [-0.2, 0) is 0 Å². The van der Waals surface area contributed by atoms with Gasteiger partial charge in [-0.3, -0.25) is 4.79 Å². The first-order valence-corrected chi connectivity index (χ1v) is 6.62. The molecule has 0 bridgehead atoms. The molecule has 3 nitrogen and oxygen atoms in total. The van der Waals surface area contributed by atoms with Crippen molar-refractivity contribution in [1.82, 2.24) is 5.32 Å². The molecule has 0 saturated carbocycles. The second-order valence-electron chi connectivity index (χ2n) is 4.79. The second-order valence-corrected chi connectivity index (χ2v) is 4.79. The summed E-state index contributed by atoms with van der Waals surface area (Å²) in [4.78, 5) is 12.3. The van der Waals surface area contributed by atoms with Gasteiger partial charge in [0.2, 0.25) is 0 Å². The Balaban J connectivity index is 2.13. The quantitative estimate of drug-likeness (QED) is 0.922. The van der Waals surface area contributed by atoms with Crippen LogP contribution in [0.5, 0.6) is 5.75 Å². The van der Waals surface area contributed by atoms with Crippen LogP contribution < -0.4 is 10.1 Å². The molecule has 0 spiro atoms. The smallest absolute Gasteiger partial charge is 0.252 e. The molecular weight excluding hydrogens is 250 g/mol. The number of ether oxygens (including phenoxy) is 1. The lowest BCUT2D eigenvalue weighted by Crippen LogP contribution is -2.27. The van der Waals surface area contributed by atoms with Gasteiger partial charge in [-0.25, -0.2) is 0 Å². The van der Waals surface area contributed by atoms with Crippen LogP contribution in [0, 0.1) is 6.92 Å². The van der Waals surface area contributed by atoms with E-state index >= 15 is 0 Å². The molecule has 3 heteroatoms. The normalized spacial score (nSPS) is 11.8. The summed E-state index contributed by atoms with van der Waals surface area (Å²) in [5, 5.41) is 3.01. The fourth-order valence-electron chi connectivity index (χ4n) is 2.10. The molecule has 0 radical (unpaired) electrons. The maximum Gasteiger partial charge on any atom is 0.252 e. The Morgan fingerprint density at radius 1 is 1.15 bits per heavy atom. The molecule has 0 saturated heterocycles. The molecule has 0 heterocycles. The zero-order chi connectivity index (χ0) is 14.5. The fourth-order valence-corrected chi connectivity index (χ4v) is 2.10. The van der Waals surface area contributed by atoms with E-state index < -0.39 is 0 Å². The maximum atomic E-state index is 12.3. The summed E-state index contributed by atoms with van der Waals surface area (Å²) >= 11 is 0. The van der Waals surface area contributed by atoms with Crippen LogP contribution in [0.15, 0.2) is 48.5 Å². The summed E-state index contributed by atoms with van der Waals surface area (Å²) in [6.07, 6.45) is 0. The molecule has 1 amide bonds. The van der Waals surface area contributed by atoms with Crippen molar-refractivity contribution in [2.75, 3.05) is 7.11 Å². The predicted octanol–water partition coefficient (Wildman–Crippen LogP) is 3.49. The van der Waals surface area contributed by atoms with E-state index in [-0.39, 0.29) is 11.9 Å². The minimum atomic E-state index is -0.0720. The highest BCUT2D eigenvalue weighted by Crippen LogP contribution is 2.19. The van der Waals surface area contributed by atoms with Crippen molar-refractivity contribution in [2.24, 2.45) is 0 Å². The van der Waals surface area contributed by atoms with Gasteiger partial charge in [0, 0.05) is 5.56 Å². The van der Waals surface area contributed by atoms with Crippen molar-refractivity contribution in [3.63, 3.8) is 0 Å². The lowest BCUT2D eigenvalue weighted by Gasteiger charge is -2.16. The van der Waals surface area contributed by atoms with Crippen LogP contribution in [0.3, 0.4) is 0 Å². The summed E-state index contributed by atoms with van der Waals surface area (Å²) in [7, 11) is 1.63. The monoisotopic (exact) mass is 269 g/mol. The number of amides is 1. The van der Waals surface area contributed by atoms with Gasteiger partial charge in [-0.15, -0.1) is 0 Å². The Bertz CT molecular complexity index is 607. The van der Waals surface area contributed by atoms with Crippen LogP contribution in [0.1, 0.15) is 34.5 Å². The van der Waals surface area contributed by atoms with E-state index in [1.807, 2.05) is 62.4 Å². The van der Waals surface area contributed by atoms with Crippen LogP contribution in [-0.4, -0.2) is 13.0 Å². The van der Waals surface area contributed by atoms with E-state index in [1.54, 1.807) is 7.11 Å². The summed E-state index contributed by atoms with van der Waals surface area (Å²) in [6.45, 7) is 3.90. The van der Waals surface area contributed by atoms with Crippen molar-refractivity contribution in [3.8, 4) is 5.75 Å². The molecular formula is C17H19NO2. The average Bonchev–Trinajstić information content (AvgIpc) is 2.47. The van der Waals surface area contributed by atoms with Gasteiger partial charge >= 0.3 is 0 Å². The number of methoxy groups -OCH3 is 1. The summed E-state index contributed by atoms with van der Waals surface area (Å²) in [5.41, 5.74) is 2.70. The minimum absolute atomic E-state index is 0.0570. The molecule has 0 aromatic heterocycles. The van der Waals surface area contributed by atoms with Gasteiger partial charge < -0.3 is 10.1 Å². The van der Waals surface area contributed by atoms with Gasteiger partial charge in [0.15, 0.2) is 0 Å². The molecule has 0 fully saturated rings. The Morgan fingerprint density at radius 2 is 1.90 bits per heavy atom. The summed E-state index contributed by atoms with van der Waals surface area (Å²) < 4.78 is 5.20. The topological polar surface area (TPSA) is 38.3 Å². The predicted molar refractivity (Wildman–Crippen MR) is 80.1 cm³/mol. The Morgan fingerprint density at radius 3 is 2.60 bits per heavy atom. The fraction of sp³-hybridized carbons (Fsp3) is 0.235. The number of hydrogen-bond acceptors (Lipinski definition) is 2. The third kappa shape index (κ3) is 3.18. The minimum Gasteiger partial charge on any atom is -0.497 e. The molecule has 0 aliphatic rings. The number of aryl methyl sites for hydroxylation is 1. The number of carbonyl (C=O) groups excluding carboxylic acids is 1. The van der Waals surface area contributed by atoms with Gasteiger partial charge in [-0.1, -0.05) is 30.3 Å². The van der Waals surface area contributed by atoms with Crippen LogP contribution >= 0.6 is 0 Å². The molecule has 104 valence electrons. The van der Waals surface area contributed by atoms with E-state index in [1.165, 1.54) is 0 Å². The molecule has 2 rings (SSSR count). The molecule has 0 unspecified atom stereocenters. The van der Waals surface area contributed by atoms with Crippen LogP contribution in [0.25, 0.3) is 0 Å². The number of carbonyl (C=O) groups is 1. The zero-order valence-corrected chi connectivity index (χ0v) is 12.0. The number of rotatable bonds is 4. The highest BCUT2D eigenvalue weighted by molar-refractivity contribution is 5.95. The van der Waals surface area contributed by atoms with Gasteiger partial charge in [0.1, 0.15) is 5.75 Å². The Hall–Kier alpha value is -2.29. The largest absolute Gasteiger partial charge is 0.497 e. The van der Waals surface area contributed by atoms with Crippen molar-refractivity contribution in [1.29, 1.82) is 0 Å². The molecule has 2 aromatic carbocycles. The number of benzene rings is 2. The first-order valence-electron chi connectivity index (χ1n) is 6.62. The standard InChI is InChI=1S/C17H19NO2/c1-12-7-4-5-10-16(12)17(19)18-13(2)14-8-6-9-15(11-14)20-3/h4-11,13H,1-3H3,(H,18,19)/t13-/m1/s1. The highest BCUT2D eigenvalue weighted by atomic mass is 16.5. The first-order chi connectivity index (χ1) is 9.61. The van der Waals surface area contributed by atoms with Gasteiger partial charge in [-0.2, -0.15) is 0 Å². The van der Waals surface area contributed by atoms with Gasteiger partial charge in [0.25, 0.3) is 5.91 Å². The number of hydrogen-bond donors (Lipinski definition) is 1. The Labute approximate surface area is 119 Å². The van der Waals surface area contributed by atoms with Crippen molar-refractivity contribution in [3.05, 3.63) is 65.2 Å². The number of nitrogens with one attached hydrogen (secondary N) is 1. The molecule has 2 aromatic rings. The lowest BCUT2D eigenvalue weighted by molar-refractivity contribution is 0.0939. The molecule has 0 aliphatic heterocycles. The third-order valence-electron chi connectivity index (χ3n) is 3.33. The van der Waals surface area contributed by atoms with Gasteiger partial charge in [-0.05, 0) is 43.2 Å². The van der Waals surface area contributed by atoms with Crippen molar-refractivity contribution < 1.29 is 9.53 Å². The average molecular weight is 269 g/mol. The van der Waals surface area contributed by atoms with E-state index in [2.05, 4.69) is 5.32 Å². The zero-order valence-electron chi connectivity index (χ0n) is 12.0. The summed E-state index contributed by atoms with van der Waals surface area (Å²) in [5.74, 6) is 0.734. The maximum absolute atomic E-state index is 12.3. The van der Waals surface area contributed by atoms with Crippen molar-refractivity contribution >= 4 is 5.91 Å². The van der Waals surface area contributed by atoms with Gasteiger partial charge in [0.05, 0.1) is 13.2 Å². The van der Waals surface area contributed by atoms with E-state index in [9.17, 15) is 4.79 Å². The summed E-state index contributed by atoms with van der Waals surface area (Å²) in [6, 6.07) is 15.2. The second kappa shape index (κ2) is 6.24. The molecule has 1 atom stereocenters. The first kappa shape index (κ1) is 14.1. The molecule has 1 N–H and O–H groups in total. The molecule has 20 heavy (non-hydrogen) atoms. The van der Waals surface area contributed by atoms with E-state index in [0.29, 0.717) is 5.56 Å². The highest BCUT2D eigenvalue weighted by Gasteiger charge is 2.13.